The molecule has 36 heavy (non-hydrogen) atoms. The van der Waals surface area contributed by atoms with Gasteiger partial charge in [-0.1, -0.05) is 30.3 Å². The number of hydrogen-bond acceptors (Lipinski definition) is 4. The SMILES string of the molecule is CN1C(=O)C(NC(=O)c2cc3ccccc3[nH]2)N=C(N2CC3CCC(CC3)C2)c2ccccc21.Cl.Cl. The van der Waals surface area contributed by atoms with Crippen molar-refractivity contribution in [3.8, 4) is 0 Å². The first-order chi connectivity index (χ1) is 16.6. The molecule has 4 aliphatic rings. The van der Waals surface area contributed by atoms with Gasteiger partial charge in [0, 0.05) is 36.6 Å². The molecule has 2 aromatic carbocycles. The van der Waals surface area contributed by atoms with Crippen LogP contribution in [-0.2, 0) is 4.79 Å². The molecule has 4 heterocycles. The van der Waals surface area contributed by atoms with Gasteiger partial charge >= 0.3 is 0 Å². The van der Waals surface area contributed by atoms with Crippen molar-refractivity contribution in [1.29, 1.82) is 0 Å². The van der Waals surface area contributed by atoms with E-state index in [2.05, 4.69) is 15.2 Å². The first kappa shape index (κ1) is 26.0. The molecule has 3 aliphatic heterocycles. The standard InChI is InChI=1S/C27H29N5O2.2ClH/c1-31-23-9-5-3-7-20(23)25(32-15-17-10-11-18(16-32)13-12-17)29-24(27(31)34)30-26(33)22-14-19-6-2-4-8-21(19)28-22;;/h2-9,14,17-18,24,28H,10-13,15-16H2,1H3,(H,30,33);2*1H. The van der Waals surface area contributed by atoms with Crippen LogP contribution in [0.5, 0.6) is 0 Å². The van der Waals surface area contributed by atoms with Gasteiger partial charge in [0.05, 0.1) is 5.69 Å². The minimum atomic E-state index is -0.993. The second-order valence-electron chi connectivity index (χ2n) is 9.81. The maximum absolute atomic E-state index is 13.5. The Morgan fingerprint density at radius 1 is 0.972 bits per heavy atom. The van der Waals surface area contributed by atoms with E-state index in [4.69, 9.17) is 4.99 Å². The zero-order chi connectivity index (χ0) is 23.2. The van der Waals surface area contributed by atoms with E-state index in [-0.39, 0.29) is 36.6 Å². The van der Waals surface area contributed by atoms with Gasteiger partial charge in [0.15, 0.2) is 0 Å². The number of aliphatic imine (C=N–C) groups is 1. The van der Waals surface area contributed by atoms with E-state index in [1.54, 1.807) is 18.0 Å². The number of H-pyrrole nitrogens is 1. The fourth-order valence-electron chi connectivity index (χ4n) is 5.72. The van der Waals surface area contributed by atoms with Crippen molar-refractivity contribution >= 4 is 59.1 Å². The van der Waals surface area contributed by atoms with Crippen LogP contribution in [0.4, 0.5) is 5.69 Å². The molecular weight excluding hydrogens is 497 g/mol. The number of rotatable bonds is 2. The van der Waals surface area contributed by atoms with Crippen molar-refractivity contribution in [2.24, 2.45) is 16.8 Å². The van der Waals surface area contributed by atoms with Crippen LogP contribution in [0, 0.1) is 11.8 Å². The number of carbonyl (C=O) groups is 2. The number of aromatic nitrogens is 1. The van der Waals surface area contributed by atoms with E-state index in [9.17, 15) is 9.59 Å². The summed E-state index contributed by atoms with van der Waals surface area (Å²) < 4.78 is 0. The molecule has 1 aromatic heterocycles. The molecule has 2 N–H and O–H groups in total. The van der Waals surface area contributed by atoms with Gasteiger partial charge in [-0.15, -0.1) is 24.8 Å². The zero-order valence-corrected chi connectivity index (χ0v) is 21.8. The number of para-hydroxylation sites is 2. The first-order valence-corrected chi connectivity index (χ1v) is 12.1. The number of likely N-dealkylation sites (N-methyl/N-ethyl adjacent to an activating group) is 1. The van der Waals surface area contributed by atoms with E-state index < -0.39 is 6.17 Å². The molecule has 1 aliphatic carbocycles. The predicted molar refractivity (Wildman–Crippen MR) is 147 cm³/mol. The number of benzene rings is 2. The number of benzodiazepines with no additional fused rings is 1. The molecule has 3 fully saturated rings. The third-order valence-electron chi connectivity index (χ3n) is 7.59. The average Bonchev–Trinajstić information content (AvgIpc) is 3.01. The number of halogens is 2. The van der Waals surface area contributed by atoms with Gasteiger partial charge in [-0.05, 0) is 61.8 Å². The summed E-state index contributed by atoms with van der Waals surface area (Å²) in [6, 6.07) is 17.5. The molecule has 0 radical (unpaired) electrons. The third-order valence-corrected chi connectivity index (χ3v) is 7.59. The maximum atomic E-state index is 13.5. The molecule has 190 valence electrons. The van der Waals surface area contributed by atoms with Crippen LogP contribution < -0.4 is 10.2 Å². The Morgan fingerprint density at radius 2 is 1.61 bits per heavy atom. The predicted octanol–water partition coefficient (Wildman–Crippen LogP) is 4.61. The molecule has 3 aromatic rings. The van der Waals surface area contributed by atoms with Crippen LogP contribution in [-0.4, -0.2) is 53.8 Å². The smallest absolute Gasteiger partial charge is 0.272 e. The fourth-order valence-corrected chi connectivity index (χ4v) is 5.72. The molecule has 2 bridgehead atoms. The van der Waals surface area contributed by atoms with Gasteiger partial charge in [-0.3, -0.25) is 9.59 Å². The second kappa shape index (κ2) is 10.5. The molecule has 1 unspecified atom stereocenters. The molecule has 7 rings (SSSR count). The Balaban J connectivity index is 0.00000152. The van der Waals surface area contributed by atoms with Crippen molar-refractivity contribution < 1.29 is 9.59 Å². The number of nitrogens with zero attached hydrogens (tertiary/aromatic N) is 3. The van der Waals surface area contributed by atoms with Crippen molar-refractivity contribution in [1.82, 2.24) is 15.2 Å². The number of aromatic amines is 1. The summed E-state index contributed by atoms with van der Waals surface area (Å²) in [6.45, 7) is 1.90. The number of carbonyl (C=O) groups excluding carboxylic acids is 2. The van der Waals surface area contributed by atoms with Crippen LogP contribution in [0.15, 0.2) is 59.6 Å². The number of amides is 2. The van der Waals surface area contributed by atoms with Gasteiger partial charge in [0.1, 0.15) is 11.5 Å². The molecule has 2 amide bonds. The lowest BCUT2D eigenvalue weighted by Gasteiger charge is -2.27. The molecular formula is C27H31Cl2N5O2. The largest absolute Gasteiger partial charge is 0.356 e. The van der Waals surface area contributed by atoms with Gasteiger partial charge in [-0.25, -0.2) is 4.99 Å². The van der Waals surface area contributed by atoms with Crippen LogP contribution in [0.3, 0.4) is 0 Å². The van der Waals surface area contributed by atoms with Crippen LogP contribution in [0.25, 0.3) is 10.9 Å². The molecule has 9 heteroatoms. The lowest BCUT2D eigenvalue weighted by molar-refractivity contribution is -0.119. The molecule has 7 nitrogen and oxygen atoms in total. The van der Waals surface area contributed by atoms with Gasteiger partial charge < -0.3 is 20.1 Å². The lowest BCUT2D eigenvalue weighted by Crippen LogP contribution is -2.46. The van der Waals surface area contributed by atoms with E-state index in [1.165, 1.54) is 25.7 Å². The molecule has 2 saturated heterocycles. The van der Waals surface area contributed by atoms with E-state index in [1.807, 2.05) is 48.5 Å². The average molecular weight is 528 g/mol. The van der Waals surface area contributed by atoms with Crippen molar-refractivity contribution in [2.75, 3.05) is 25.0 Å². The van der Waals surface area contributed by atoms with Crippen LogP contribution in [0.1, 0.15) is 41.7 Å². The number of hydrogen-bond donors (Lipinski definition) is 2. The highest BCUT2D eigenvalue weighted by Crippen LogP contribution is 2.36. The maximum Gasteiger partial charge on any atom is 0.272 e. The quantitative estimate of drug-likeness (QED) is 0.510. The van der Waals surface area contributed by atoms with Crippen LogP contribution >= 0.6 is 24.8 Å². The highest BCUT2D eigenvalue weighted by atomic mass is 35.5. The monoisotopic (exact) mass is 527 g/mol. The number of nitrogens with one attached hydrogen (secondary N) is 2. The second-order valence-corrected chi connectivity index (χ2v) is 9.81. The van der Waals surface area contributed by atoms with Crippen molar-refractivity contribution in [3.05, 3.63) is 65.9 Å². The summed E-state index contributed by atoms with van der Waals surface area (Å²) >= 11 is 0. The van der Waals surface area contributed by atoms with E-state index >= 15 is 0 Å². The number of fused-ring (bicyclic) bond motifs is 6. The Hall–Kier alpha value is -3.03. The van der Waals surface area contributed by atoms with Gasteiger partial charge in [0.2, 0.25) is 6.17 Å². The van der Waals surface area contributed by atoms with Crippen LogP contribution in [0.2, 0.25) is 0 Å². The summed E-state index contributed by atoms with van der Waals surface area (Å²) in [5.74, 6) is 1.54. The lowest BCUT2D eigenvalue weighted by atomic mass is 9.84. The Labute approximate surface area is 223 Å². The number of amidine groups is 1. The highest BCUT2D eigenvalue weighted by Gasteiger charge is 2.36. The summed E-state index contributed by atoms with van der Waals surface area (Å²) in [6.07, 6.45) is 4.04. The summed E-state index contributed by atoms with van der Waals surface area (Å²) in [4.78, 5) is 38.7. The molecule has 1 atom stereocenters. The Bertz CT molecular complexity index is 1250. The van der Waals surface area contributed by atoms with Crippen molar-refractivity contribution in [2.45, 2.75) is 31.8 Å². The summed E-state index contributed by atoms with van der Waals surface area (Å²) in [7, 11) is 1.76. The fraction of sp³-hybridized carbons (Fsp3) is 0.370. The normalized spacial score (nSPS) is 23.1. The molecule has 1 saturated carbocycles. The van der Waals surface area contributed by atoms with Gasteiger partial charge in [-0.2, -0.15) is 0 Å². The zero-order valence-electron chi connectivity index (χ0n) is 20.1. The minimum absolute atomic E-state index is 0. The first-order valence-electron chi connectivity index (χ1n) is 12.1. The van der Waals surface area contributed by atoms with E-state index in [0.29, 0.717) is 17.5 Å². The summed E-state index contributed by atoms with van der Waals surface area (Å²) in [5.41, 5.74) is 3.07. The Morgan fingerprint density at radius 3 is 2.31 bits per heavy atom. The third kappa shape index (κ3) is 4.70. The summed E-state index contributed by atoms with van der Waals surface area (Å²) in [5, 5.41) is 3.85. The highest BCUT2D eigenvalue weighted by molar-refractivity contribution is 6.12. The minimum Gasteiger partial charge on any atom is -0.356 e. The van der Waals surface area contributed by atoms with Gasteiger partial charge in [0.25, 0.3) is 11.8 Å². The molecule has 0 spiro atoms. The number of anilines is 1. The topological polar surface area (TPSA) is 80.8 Å². The Kier molecular flexibility index (Phi) is 7.62. The van der Waals surface area contributed by atoms with E-state index in [0.717, 1.165) is 41.1 Å². The van der Waals surface area contributed by atoms with Crippen molar-refractivity contribution in [3.63, 3.8) is 0 Å².